The van der Waals surface area contributed by atoms with E-state index in [4.69, 9.17) is 4.74 Å². The van der Waals surface area contributed by atoms with Gasteiger partial charge in [0.15, 0.2) is 0 Å². The fraction of sp³-hybridized carbons (Fsp3) is 0.923. The van der Waals surface area contributed by atoms with Crippen LogP contribution in [0.5, 0.6) is 0 Å². The predicted molar refractivity (Wildman–Crippen MR) is 66.8 cm³/mol. The molecule has 4 nitrogen and oxygen atoms in total. The molecule has 0 radical (unpaired) electrons. The highest BCUT2D eigenvalue weighted by Gasteiger charge is 2.33. The van der Waals surface area contributed by atoms with Crippen molar-refractivity contribution in [3.8, 4) is 0 Å². The zero-order valence-electron chi connectivity index (χ0n) is 10.9. The summed E-state index contributed by atoms with van der Waals surface area (Å²) in [5, 5.41) is 3.37. The summed E-state index contributed by atoms with van der Waals surface area (Å²) in [6.45, 7) is 5.62. The van der Waals surface area contributed by atoms with Crippen molar-refractivity contribution in [1.29, 1.82) is 0 Å². The molecule has 0 bridgehead atoms. The SMILES string of the molecule is CC1COCCC1C(=O)N(C)C1CCCNC1. The monoisotopic (exact) mass is 240 g/mol. The van der Waals surface area contributed by atoms with Gasteiger partial charge < -0.3 is 15.0 Å². The predicted octanol–water partition coefficient (Wildman–Crippen LogP) is 0.869. The lowest BCUT2D eigenvalue weighted by molar-refractivity contribution is -0.142. The van der Waals surface area contributed by atoms with Crippen molar-refractivity contribution < 1.29 is 9.53 Å². The molecule has 17 heavy (non-hydrogen) atoms. The lowest BCUT2D eigenvalue weighted by Gasteiger charge is -2.37. The number of carbonyl (C=O) groups is 1. The number of nitrogens with one attached hydrogen (secondary N) is 1. The second-order valence-corrected chi connectivity index (χ2v) is 5.40. The fourth-order valence-electron chi connectivity index (χ4n) is 2.85. The van der Waals surface area contributed by atoms with Crippen LogP contribution < -0.4 is 5.32 Å². The zero-order chi connectivity index (χ0) is 12.3. The van der Waals surface area contributed by atoms with E-state index in [1.807, 2.05) is 11.9 Å². The van der Waals surface area contributed by atoms with Crippen molar-refractivity contribution in [3.05, 3.63) is 0 Å². The first kappa shape index (κ1) is 12.8. The van der Waals surface area contributed by atoms with Gasteiger partial charge in [0.2, 0.25) is 5.91 Å². The number of hydrogen-bond donors (Lipinski definition) is 1. The van der Waals surface area contributed by atoms with Gasteiger partial charge in [-0.25, -0.2) is 0 Å². The van der Waals surface area contributed by atoms with Gasteiger partial charge in [0, 0.05) is 38.8 Å². The lowest BCUT2D eigenvalue weighted by Crippen LogP contribution is -2.50. The molecule has 0 aromatic rings. The second kappa shape index (κ2) is 5.83. The Labute approximate surface area is 104 Å². The van der Waals surface area contributed by atoms with Gasteiger partial charge in [0.05, 0.1) is 0 Å². The average molecular weight is 240 g/mol. The molecule has 4 heteroatoms. The third kappa shape index (κ3) is 2.99. The Morgan fingerprint density at radius 2 is 2.24 bits per heavy atom. The number of hydrogen-bond acceptors (Lipinski definition) is 3. The van der Waals surface area contributed by atoms with Gasteiger partial charge >= 0.3 is 0 Å². The van der Waals surface area contributed by atoms with Gasteiger partial charge in [-0.3, -0.25) is 4.79 Å². The van der Waals surface area contributed by atoms with Crippen LogP contribution in [-0.4, -0.2) is 50.2 Å². The van der Waals surface area contributed by atoms with Crippen LogP contribution in [-0.2, 0) is 9.53 Å². The molecule has 98 valence electrons. The average Bonchev–Trinajstić information content (AvgIpc) is 2.39. The molecular formula is C13H24N2O2. The minimum atomic E-state index is 0.163. The molecule has 0 spiro atoms. The molecule has 1 amide bonds. The molecule has 2 fully saturated rings. The first-order valence-electron chi connectivity index (χ1n) is 6.75. The largest absolute Gasteiger partial charge is 0.381 e. The number of amides is 1. The molecule has 0 aromatic heterocycles. The van der Waals surface area contributed by atoms with Crippen molar-refractivity contribution in [2.75, 3.05) is 33.4 Å². The number of ether oxygens (including phenoxy) is 1. The van der Waals surface area contributed by atoms with Crippen molar-refractivity contribution in [2.24, 2.45) is 11.8 Å². The molecule has 3 atom stereocenters. The van der Waals surface area contributed by atoms with Crippen LogP contribution in [0, 0.1) is 11.8 Å². The lowest BCUT2D eigenvalue weighted by atomic mass is 9.88. The van der Waals surface area contributed by atoms with Crippen LogP contribution in [0.2, 0.25) is 0 Å². The summed E-state index contributed by atoms with van der Waals surface area (Å²) in [5.41, 5.74) is 0. The Kier molecular flexibility index (Phi) is 4.40. The molecule has 2 heterocycles. The van der Waals surface area contributed by atoms with E-state index in [1.165, 1.54) is 6.42 Å². The van der Waals surface area contributed by atoms with E-state index < -0.39 is 0 Å². The summed E-state index contributed by atoms with van der Waals surface area (Å²) >= 11 is 0. The second-order valence-electron chi connectivity index (χ2n) is 5.40. The Morgan fingerprint density at radius 3 is 2.88 bits per heavy atom. The van der Waals surface area contributed by atoms with Crippen molar-refractivity contribution >= 4 is 5.91 Å². The smallest absolute Gasteiger partial charge is 0.226 e. The van der Waals surface area contributed by atoms with E-state index in [0.717, 1.165) is 39.1 Å². The van der Waals surface area contributed by atoms with Gasteiger partial charge in [-0.15, -0.1) is 0 Å². The molecule has 2 saturated heterocycles. The molecule has 2 aliphatic rings. The minimum Gasteiger partial charge on any atom is -0.381 e. The van der Waals surface area contributed by atoms with Crippen LogP contribution in [0.1, 0.15) is 26.2 Å². The Morgan fingerprint density at radius 1 is 1.41 bits per heavy atom. The maximum absolute atomic E-state index is 12.5. The third-order valence-electron chi connectivity index (χ3n) is 4.12. The van der Waals surface area contributed by atoms with Crippen LogP contribution >= 0.6 is 0 Å². The van der Waals surface area contributed by atoms with Gasteiger partial charge in [-0.05, 0) is 31.7 Å². The number of rotatable bonds is 2. The van der Waals surface area contributed by atoms with Crippen LogP contribution in [0.3, 0.4) is 0 Å². The summed E-state index contributed by atoms with van der Waals surface area (Å²) in [6.07, 6.45) is 3.18. The number of likely N-dealkylation sites (N-methyl/N-ethyl adjacent to an activating group) is 1. The van der Waals surface area contributed by atoms with E-state index in [0.29, 0.717) is 17.9 Å². The third-order valence-corrected chi connectivity index (χ3v) is 4.12. The fourth-order valence-corrected chi connectivity index (χ4v) is 2.85. The molecule has 0 aromatic carbocycles. The molecular weight excluding hydrogens is 216 g/mol. The van der Waals surface area contributed by atoms with Crippen LogP contribution in [0.4, 0.5) is 0 Å². The Bertz CT molecular complexity index is 264. The Hall–Kier alpha value is -0.610. The highest BCUT2D eigenvalue weighted by Crippen LogP contribution is 2.24. The highest BCUT2D eigenvalue weighted by atomic mass is 16.5. The molecule has 0 aliphatic carbocycles. The van der Waals surface area contributed by atoms with E-state index in [9.17, 15) is 4.79 Å². The molecule has 3 unspecified atom stereocenters. The summed E-state index contributed by atoms with van der Waals surface area (Å²) < 4.78 is 5.40. The maximum Gasteiger partial charge on any atom is 0.226 e. The molecule has 2 rings (SSSR count). The molecule has 2 aliphatic heterocycles. The first-order chi connectivity index (χ1) is 8.20. The Balaban J connectivity index is 1.92. The topological polar surface area (TPSA) is 41.6 Å². The van der Waals surface area contributed by atoms with Crippen molar-refractivity contribution in [1.82, 2.24) is 10.2 Å². The highest BCUT2D eigenvalue weighted by molar-refractivity contribution is 5.79. The van der Waals surface area contributed by atoms with Crippen LogP contribution in [0.15, 0.2) is 0 Å². The van der Waals surface area contributed by atoms with Crippen LogP contribution in [0.25, 0.3) is 0 Å². The number of carbonyl (C=O) groups excluding carboxylic acids is 1. The molecule has 1 N–H and O–H groups in total. The van der Waals surface area contributed by atoms with E-state index >= 15 is 0 Å². The van der Waals surface area contributed by atoms with E-state index in [2.05, 4.69) is 12.2 Å². The zero-order valence-corrected chi connectivity index (χ0v) is 10.9. The van der Waals surface area contributed by atoms with E-state index in [1.54, 1.807) is 0 Å². The van der Waals surface area contributed by atoms with E-state index in [-0.39, 0.29) is 5.92 Å². The summed E-state index contributed by atoms with van der Waals surface area (Å²) in [5.74, 6) is 0.834. The maximum atomic E-state index is 12.5. The normalized spacial score (nSPS) is 34.4. The van der Waals surface area contributed by atoms with Crippen molar-refractivity contribution in [2.45, 2.75) is 32.2 Å². The summed E-state index contributed by atoms with van der Waals surface area (Å²) in [6, 6.07) is 0.381. The van der Waals surface area contributed by atoms with Gasteiger partial charge in [-0.2, -0.15) is 0 Å². The number of nitrogens with zero attached hydrogens (tertiary/aromatic N) is 1. The quantitative estimate of drug-likeness (QED) is 0.778. The van der Waals surface area contributed by atoms with Crippen molar-refractivity contribution in [3.63, 3.8) is 0 Å². The summed E-state index contributed by atoms with van der Waals surface area (Å²) in [7, 11) is 1.96. The minimum absolute atomic E-state index is 0.163. The summed E-state index contributed by atoms with van der Waals surface area (Å²) in [4.78, 5) is 14.4. The molecule has 0 saturated carbocycles. The van der Waals surface area contributed by atoms with Gasteiger partial charge in [0.1, 0.15) is 0 Å². The van der Waals surface area contributed by atoms with Gasteiger partial charge in [0.25, 0.3) is 0 Å². The standard InChI is InChI=1S/C13H24N2O2/c1-10-9-17-7-5-12(10)13(16)15(2)11-4-3-6-14-8-11/h10-12,14H,3-9H2,1-2H3. The first-order valence-corrected chi connectivity index (χ1v) is 6.75. The number of piperidine rings is 1. The van der Waals surface area contributed by atoms with Gasteiger partial charge in [-0.1, -0.05) is 6.92 Å².